The van der Waals surface area contributed by atoms with Gasteiger partial charge in [0.25, 0.3) is 0 Å². The second-order valence-corrected chi connectivity index (χ2v) is 8.11. The van der Waals surface area contributed by atoms with E-state index in [2.05, 4.69) is 20.6 Å². The van der Waals surface area contributed by atoms with Crippen molar-refractivity contribution in [2.75, 3.05) is 16.4 Å². The van der Waals surface area contributed by atoms with Gasteiger partial charge in [0, 0.05) is 23.1 Å². The van der Waals surface area contributed by atoms with Crippen LogP contribution in [0.4, 0.5) is 22.0 Å². The Kier molecular flexibility index (Phi) is 5.45. The van der Waals surface area contributed by atoms with Crippen molar-refractivity contribution in [2.45, 2.75) is 13.8 Å². The fourth-order valence-corrected chi connectivity index (χ4v) is 4.02. The zero-order valence-corrected chi connectivity index (χ0v) is 17.5. The first-order chi connectivity index (χ1) is 14.5. The summed E-state index contributed by atoms with van der Waals surface area (Å²) in [6.07, 6.45) is 1.68. The second-order valence-electron chi connectivity index (χ2n) is 6.91. The molecule has 4 rings (SSSR count). The average Bonchev–Trinajstić information content (AvgIpc) is 3.12. The Morgan fingerprint density at radius 1 is 0.933 bits per heavy atom. The standard InChI is InChI=1S/C23H21N5OS/c1-14-6-8-18(9-7-14)27-23(29)28-19-5-3-4-17(12-19)22-21(26-15(2)30-22)16-10-11-25-20(24)13-16/h3-13H,1-2H3,(H2,24,25)(H2,27,28,29). The quantitative estimate of drug-likeness (QED) is 0.398. The van der Waals surface area contributed by atoms with E-state index in [4.69, 9.17) is 5.73 Å². The van der Waals surface area contributed by atoms with Gasteiger partial charge in [-0.3, -0.25) is 0 Å². The number of hydrogen-bond donors (Lipinski definition) is 3. The maximum Gasteiger partial charge on any atom is 0.323 e. The van der Waals surface area contributed by atoms with Gasteiger partial charge < -0.3 is 16.4 Å². The van der Waals surface area contributed by atoms with Crippen molar-refractivity contribution in [1.82, 2.24) is 9.97 Å². The first kappa shape index (κ1) is 19.6. The highest BCUT2D eigenvalue weighted by atomic mass is 32.1. The van der Waals surface area contributed by atoms with Crippen molar-refractivity contribution in [3.8, 4) is 21.7 Å². The first-order valence-electron chi connectivity index (χ1n) is 9.42. The highest BCUT2D eigenvalue weighted by molar-refractivity contribution is 7.15. The van der Waals surface area contributed by atoms with Crippen LogP contribution in [0.1, 0.15) is 10.6 Å². The monoisotopic (exact) mass is 415 g/mol. The third-order valence-corrected chi connectivity index (χ3v) is 5.50. The number of rotatable bonds is 4. The minimum Gasteiger partial charge on any atom is -0.384 e. The Morgan fingerprint density at radius 3 is 2.47 bits per heavy atom. The molecule has 2 aromatic heterocycles. The molecule has 0 fully saturated rings. The molecule has 0 saturated heterocycles. The van der Waals surface area contributed by atoms with Crippen LogP contribution in [0.2, 0.25) is 0 Å². The summed E-state index contributed by atoms with van der Waals surface area (Å²) < 4.78 is 0. The number of benzene rings is 2. The van der Waals surface area contributed by atoms with Crippen LogP contribution in [0.5, 0.6) is 0 Å². The number of aryl methyl sites for hydroxylation is 2. The number of anilines is 3. The number of nitrogens with two attached hydrogens (primary N) is 1. The van der Waals surface area contributed by atoms with Gasteiger partial charge in [0.2, 0.25) is 0 Å². The second kappa shape index (κ2) is 8.34. The van der Waals surface area contributed by atoms with Crippen LogP contribution in [0.15, 0.2) is 66.9 Å². The van der Waals surface area contributed by atoms with Crippen LogP contribution in [-0.2, 0) is 0 Å². The van der Waals surface area contributed by atoms with Crippen LogP contribution in [0, 0.1) is 13.8 Å². The number of carbonyl (C=O) groups is 1. The number of carbonyl (C=O) groups excluding carboxylic acids is 1. The predicted octanol–water partition coefficient (Wildman–Crippen LogP) is 5.72. The zero-order chi connectivity index (χ0) is 21.1. The van der Waals surface area contributed by atoms with E-state index in [1.165, 1.54) is 0 Å². The number of thiazole rings is 1. The van der Waals surface area contributed by atoms with E-state index in [9.17, 15) is 4.79 Å². The molecular weight excluding hydrogens is 394 g/mol. The fraction of sp³-hybridized carbons (Fsp3) is 0.0870. The number of amides is 2. The molecule has 0 bridgehead atoms. The molecule has 2 amide bonds. The topological polar surface area (TPSA) is 92.9 Å². The molecule has 4 N–H and O–H groups in total. The van der Waals surface area contributed by atoms with E-state index in [-0.39, 0.29) is 6.03 Å². The summed E-state index contributed by atoms with van der Waals surface area (Å²) in [5.41, 5.74) is 11.2. The summed E-state index contributed by atoms with van der Waals surface area (Å²) >= 11 is 1.60. The number of urea groups is 1. The molecule has 0 spiro atoms. The van der Waals surface area contributed by atoms with Crippen LogP contribution in [0.25, 0.3) is 21.7 Å². The molecule has 30 heavy (non-hydrogen) atoms. The normalized spacial score (nSPS) is 10.6. The lowest BCUT2D eigenvalue weighted by molar-refractivity contribution is 0.262. The highest BCUT2D eigenvalue weighted by Gasteiger charge is 2.14. The number of aromatic nitrogens is 2. The molecule has 0 aliphatic carbocycles. The van der Waals surface area contributed by atoms with Gasteiger partial charge in [0.15, 0.2) is 0 Å². The third-order valence-electron chi connectivity index (χ3n) is 4.48. The molecule has 0 saturated carbocycles. The molecule has 150 valence electrons. The van der Waals surface area contributed by atoms with Gasteiger partial charge in [-0.15, -0.1) is 11.3 Å². The van der Waals surface area contributed by atoms with Gasteiger partial charge >= 0.3 is 6.03 Å². The van der Waals surface area contributed by atoms with Crippen molar-refractivity contribution < 1.29 is 4.79 Å². The summed E-state index contributed by atoms with van der Waals surface area (Å²) in [6.45, 7) is 3.98. The number of hydrogen-bond acceptors (Lipinski definition) is 5. The van der Waals surface area contributed by atoms with E-state index in [1.807, 2.05) is 74.5 Å². The summed E-state index contributed by atoms with van der Waals surface area (Å²) in [4.78, 5) is 22.2. The molecule has 4 aromatic rings. The molecular formula is C23H21N5OS. The number of nitrogens with zero attached hydrogens (tertiary/aromatic N) is 2. The Balaban J connectivity index is 1.58. The van der Waals surface area contributed by atoms with E-state index < -0.39 is 0 Å². The van der Waals surface area contributed by atoms with E-state index >= 15 is 0 Å². The molecule has 0 radical (unpaired) electrons. The fourth-order valence-electron chi connectivity index (χ4n) is 3.08. The van der Waals surface area contributed by atoms with Crippen molar-refractivity contribution in [2.24, 2.45) is 0 Å². The summed E-state index contributed by atoms with van der Waals surface area (Å²) in [7, 11) is 0. The lowest BCUT2D eigenvalue weighted by Crippen LogP contribution is -2.19. The van der Waals surface area contributed by atoms with E-state index in [0.29, 0.717) is 11.5 Å². The minimum atomic E-state index is -0.293. The summed E-state index contributed by atoms with van der Waals surface area (Å²) in [5.74, 6) is 0.451. The van der Waals surface area contributed by atoms with Crippen LogP contribution in [-0.4, -0.2) is 16.0 Å². The molecule has 0 unspecified atom stereocenters. The van der Waals surface area contributed by atoms with Crippen molar-refractivity contribution in [1.29, 1.82) is 0 Å². The maximum absolute atomic E-state index is 12.4. The minimum absolute atomic E-state index is 0.293. The van der Waals surface area contributed by atoms with Crippen LogP contribution < -0.4 is 16.4 Å². The SMILES string of the molecule is Cc1ccc(NC(=O)Nc2cccc(-c3sc(C)nc3-c3ccnc(N)c3)c2)cc1. The van der Waals surface area contributed by atoms with E-state index in [1.54, 1.807) is 17.5 Å². The van der Waals surface area contributed by atoms with Gasteiger partial charge in [0.05, 0.1) is 15.6 Å². The maximum atomic E-state index is 12.4. The predicted molar refractivity (Wildman–Crippen MR) is 124 cm³/mol. The number of nitrogen functional groups attached to an aromatic ring is 1. The number of nitrogens with one attached hydrogen (secondary N) is 2. The Bertz CT molecular complexity index is 1200. The summed E-state index contributed by atoms with van der Waals surface area (Å²) in [6, 6.07) is 18.8. The Hall–Kier alpha value is -3.71. The van der Waals surface area contributed by atoms with Crippen molar-refractivity contribution >= 4 is 34.6 Å². The van der Waals surface area contributed by atoms with Gasteiger partial charge in [-0.1, -0.05) is 29.8 Å². The Labute approximate surface area is 178 Å². The smallest absolute Gasteiger partial charge is 0.323 e. The number of pyridine rings is 1. The van der Waals surface area contributed by atoms with Crippen LogP contribution in [0.3, 0.4) is 0 Å². The van der Waals surface area contributed by atoms with Gasteiger partial charge in [0.1, 0.15) is 5.82 Å². The third kappa shape index (κ3) is 4.47. The molecule has 2 aromatic carbocycles. The molecule has 0 atom stereocenters. The van der Waals surface area contributed by atoms with Gasteiger partial charge in [-0.25, -0.2) is 14.8 Å². The molecule has 6 nitrogen and oxygen atoms in total. The largest absolute Gasteiger partial charge is 0.384 e. The van der Waals surface area contributed by atoms with Gasteiger partial charge in [-0.2, -0.15) is 0 Å². The Morgan fingerprint density at radius 2 is 1.70 bits per heavy atom. The van der Waals surface area contributed by atoms with Crippen LogP contribution >= 0.6 is 11.3 Å². The molecule has 7 heteroatoms. The van der Waals surface area contributed by atoms with Gasteiger partial charge in [-0.05, 0) is 55.8 Å². The highest BCUT2D eigenvalue weighted by Crippen LogP contribution is 2.37. The summed E-state index contributed by atoms with van der Waals surface area (Å²) in [5, 5.41) is 6.69. The zero-order valence-electron chi connectivity index (χ0n) is 16.6. The van der Waals surface area contributed by atoms with E-state index in [0.717, 1.165) is 38.0 Å². The van der Waals surface area contributed by atoms with Crippen molar-refractivity contribution in [3.63, 3.8) is 0 Å². The first-order valence-corrected chi connectivity index (χ1v) is 10.2. The average molecular weight is 416 g/mol. The van der Waals surface area contributed by atoms with Crippen molar-refractivity contribution in [3.05, 3.63) is 77.4 Å². The molecule has 0 aliphatic heterocycles. The lowest BCUT2D eigenvalue weighted by atomic mass is 10.1. The molecule has 2 heterocycles. The molecule has 0 aliphatic rings. The lowest BCUT2D eigenvalue weighted by Gasteiger charge is -2.10.